The molecule has 1 heterocycles. The quantitative estimate of drug-likeness (QED) is 0.871. The van der Waals surface area contributed by atoms with E-state index in [1.54, 1.807) is 18.6 Å². The first-order chi connectivity index (χ1) is 8.29. The summed E-state index contributed by atoms with van der Waals surface area (Å²) in [5.74, 6) is 0. The van der Waals surface area contributed by atoms with E-state index in [-0.39, 0.29) is 6.04 Å². The fourth-order valence-corrected chi connectivity index (χ4v) is 1.69. The van der Waals surface area contributed by atoms with E-state index in [4.69, 9.17) is 0 Å². The third kappa shape index (κ3) is 3.03. The molecule has 1 aromatic heterocycles. The van der Waals surface area contributed by atoms with Gasteiger partial charge in [0.15, 0.2) is 0 Å². The molecule has 2 aromatic rings. The first-order valence-corrected chi connectivity index (χ1v) is 5.91. The van der Waals surface area contributed by atoms with Crippen LogP contribution >= 0.6 is 0 Å². The topological polar surface area (TPSA) is 37.8 Å². The summed E-state index contributed by atoms with van der Waals surface area (Å²) in [6, 6.07) is 8.66. The lowest BCUT2D eigenvalue weighted by atomic mass is 10.1. The summed E-state index contributed by atoms with van der Waals surface area (Å²) in [6.45, 7) is 4.24. The maximum Gasteiger partial charge on any atom is 0.0806 e. The fraction of sp³-hybridized carbons (Fsp3) is 0.286. The molecule has 0 amide bonds. The highest BCUT2D eigenvalue weighted by Crippen LogP contribution is 2.17. The number of aromatic nitrogens is 2. The van der Waals surface area contributed by atoms with E-state index in [0.717, 1.165) is 17.8 Å². The number of hydrogen-bond donors (Lipinski definition) is 1. The van der Waals surface area contributed by atoms with Gasteiger partial charge in [0.25, 0.3) is 0 Å². The summed E-state index contributed by atoms with van der Waals surface area (Å²) in [5, 5.41) is 3.41. The smallest absolute Gasteiger partial charge is 0.0806 e. The van der Waals surface area contributed by atoms with Gasteiger partial charge in [-0.05, 0) is 31.0 Å². The Balaban J connectivity index is 2.05. The summed E-state index contributed by atoms with van der Waals surface area (Å²) in [7, 11) is 0. The number of hydrogen-bond acceptors (Lipinski definition) is 3. The van der Waals surface area contributed by atoms with E-state index >= 15 is 0 Å². The Morgan fingerprint density at radius 3 is 2.53 bits per heavy atom. The number of nitrogens with zero attached hydrogens (tertiary/aromatic N) is 2. The highest BCUT2D eigenvalue weighted by atomic mass is 14.9. The van der Waals surface area contributed by atoms with Gasteiger partial charge in [0.05, 0.1) is 17.9 Å². The van der Waals surface area contributed by atoms with Gasteiger partial charge >= 0.3 is 0 Å². The molecular weight excluding hydrogens is 210 g/mol. The van der Waals surface area contributed by atoms with Crippen molar-refractivity contribution in [3.05, 3.63) is 54.1 Å². The Hall–Kier alpha value is -1.90. The lowest BCUT2D eigenvalue weighted by Gasteiger charge is -2.14. The molecule has 0 aliphatic rings. The van der Waals surface area contributed by atoms with Gasteiger partial charge < -0.3 is 5.32 Å². The number of anilines is 1. The molecule has 0 saturated carbocycles. The van der Waals surface area contributed by atoms with Gasteiger partial charge in [0.2, 0.25) is 0 Å². The molecule has 0 radical (unpaired) electrons. The van der Waals surface area contributed by atoms with Gasteiger partial charge in [-0.25, -0.2) is 0 Å². The summed E-state index contributed by atoms with van der Waals surface area (Å²) >= 11 is 0. The number of benzene rings is 1. The average Bonchev–Trinajstić information content (AvgIpc) is 2.40. The maximum absolute atomic E-state index is 4.28. The molecule has 0 aliphatic heterocycles. The Labute approximate surface area is 102 Å². The van der Waals surface area contributed by atoms with Crippen molar-refractivity contribution < 1.29 is 0 Å². The zero-order valence-corrected chi connectivity index (χ0v) is 10.2. The molecule has 2 rings (SSSR count). The lowest BCUT2D eigenvalue weighted by molar-refractivity contribution is 0.827. The minimum absolute atomic E-state index is 0.163. The van der Waals surface area contributed by atoms with Crippen molar-refractivity contribution in [2.24, 2.45) is 0 Å². The summed E-state index contributed by atoms with van der Waals surface area (Å²) in [4.78, 5) is 8.36. The van der Waals surface area contributed by atoms with Crippen molar-refractivity contribution in [1.29, 1.82) is 0 Å². The van der Waals surface area contributed by atoms with Crippen LogP contribution in [-0.2, 0) is 6.42 Å². The van der Waals surface area contributed by atoms with E-state index in [0.29, 0.717) is 0 Å². The van der Waals surface area contributed by atoms with Crippen LogP contribution in [0.5, 0.6) is 0 Å². The van der Waals surface area contributed by atoms with Gasteiger partial charge in [-0.3, -0.25) is 9.97 Å². The molecule has 1 atom stereocenters. The first kappa shape index (κ1) is 11.6. The van der Waals surface area contributed by atoms with Crippen LogP contribution in [-0.4, -0.2) is 9.97 Å². The largest absolute Gasteiger partial charge is 0.377 e. The van der Waals surface area contributed by atoms with Crippen LogP contribution in [0.25, 0.3) is 0 Å². The molecule has 0 saturated heterocycles. The predicted octanol–water partition coefficient (Wildman–Crippen LogP) is 3.21. The lowest BCUT2D eigenvalue weighted by Crippen LogP contribution is -2.08. The van der Waals surface area contributed by atoms with Gasteiger partial charge in [-0.1, -0.05) is 19.1 Å². The molecule has 0 bridgehead atoms. The van der Waals surface area contributed by atoms with Crippen molar-refractivity contribution in [3.63, 3.8) is 0 Å². The maximum atomic E-state index is 4.28. The Morgan fingerprint density at radius 1 is 1.18 bits per heavy atom. The second-order valence-corrected chi connectivity index (χ2v) is 4.05. The Morgan fingerprint density at radius 2 is 1.94 bits per heavy atom. The summed E-state index contributed by atoms with van der Waals surface area (Å²) in [6.07, 6.45) is 6.26. The molecular formula is C14H17N3. The summed E-state index contributed by atoms with van der Waals surface area (Å²) < 4.78 is 0. The fourth-order valence-electron chi connectivity index (χ4n) is 1.69. The highest BCUT2D eigenvalue weighted by Gasteiger charge is 2.05. The van der Waals surface area contributed by atoms with Gasteiger partial charge in [0, 0.05) is 18.1 Å². The third-order valence-corrected chi connectivity index (χ3v) is 2.77. The molecule has 3 nitrogen and oxygen atoms in total. The monoisotopic (exact) mass is 227 g/mol. The minimum atomic E-state index is 0.163. The molecule has 0 fully saturated rings. The number of nitrogens with one attached hydrogen (secondary N) is 1. The molecule has 17 heavy (non-hydrogen) atoms. The van der Waals surface area contributed by atoms with Crippen molar-refractivity contribution in [2.75, 3.05) is 5.32 Å². The molecule has 0 aliphatic carbocycles. The summed E-state index contributed by atoms with van der Waals surface area (Å²) in [5.41, 5.74) is 3.41. The molecule has 1 unspecified atom stereocenters. The van der Waals surface area contributed by atoms with Gasteiger partial charge in [-0.15, -0.1) is 0 Å². The SMILES string of the molecule is CCc1ccc(NC(C)c2cnccn2)cc1. The average molecular weight is 227 g/mol. The van der Waals surface area contributed by atoms with E-state index in [1.165, 1.54) is 5.56 Å². The number of rotatable bonds is 4. The second kappa shape index (κ2) is 5.43. The van der Waals surface area contributed by atoms with Crippen LogP contribution < -0.4 is 5.32 Å². The molecule has 88 valence electrons. The highest BCUT2D eigenvalue weighted by molar-refractivity contribution is 5.46. The number of aryl methyl sites for hydroxylation is 1. The van der Waals surface area contributed by atoms with E-state index in [2.05, 4.69) is 53.4 Å². The molecule has 1 N–H and O–H groups in total. The van der Waals surface area contributed by atoms with Crippen LogP contribution in [0.2, 0.25) is 0 Å². The van der Waals surface area contributed by atoms with Crippen LogP contribution in [0, 0.1) is 0 Å². The zero-order valence-electron chi connectivity index (χ0n) is 10.2. The van der Waals surface area contributed by atoms with E-state index in [9.17, 15) is 0 Å². The minimum Gasteiger partial charge on any atom is -0.377 e. The van der Waals surface area contributed by atoms with Crippen molar-refractivity contribution in [3.8, 4) is 0 Å². The molecule has 3 heteroatoms. The third-order valence-electron chi connectivity index (χ3n) is 2.77. The Bertz CT molecular complexity index is 451. The second-order valence-electron chi connectivity index (χ2n) is 4.05. The predicted molar refractivity (Wildman–Crippen MR) is 69.9 cm³/mol. The van der Waals surface area contributed by atoms with Crippen LogP contribution in [0.15, 0.2) is 42.9 Å². The zero-order chi connectivity index (χ0) is 12.1. The van der Waals surface area contributed by atoms with Crippen molar-refractivity contribution >= 4 is 5.69 Å². The van der Waals surface area contributed by atoms with E-state index < -0.39 is 0 Å². The molecule has 0 spiro atoms. The van der Waals surface area contributed by atoms with Crippen LogP contribution in [0.3, 0.4) is 0 Å². The van der Waals surface area contributed by atoms with Crippen molar-refractivity contribution in [1.82, 2.24) is 9.97 Å². The van der Waals surface area contributed by atoms with Crippen LogP contribution in [0.4, 0.5) is 5.69 Å². The van der Waals surface area contributed by atoms with Gasteiger partial charge in [0.1, 0.15) is 0 Å². The van der Waals surface area contributed by atoms with Crippen LogP contribution in [0.1, 0.15) is 31.1 Å². The van der Waals surface area contributed by atoms with E-state index in [1.807, 2.05) is 0 Å². The Kier molecular flexibility index (Phi) is 3.70. The first-order valence-electron chi connectivity index (χ1n) is 5.91. The van der Waals surface area contributed by atoms with Crippen molar-refractivity contribution in [2.45, 2.75) is 26.3 Å². The molecule has 1 aromatic carbocycles. The standard InChI is InChI=1S/C14H17N3/c1-3-12-4-6-13(7-5-12)17-11(2)14-10-15-8-9-16-14/h4-11,17H,3H2,1-2H3. The van der Waals surface area contributed by atoms with Gasteiger partial charge in [-0.2, -0.15) is 0 Å². The normalized spacial score (nSPS) is 12.1.